The number of amides is 1. The molecule has 0 aliphatic carbocycles. The van der Waals surface area contributed by atoms with Gasteiger partial charge in [0.15, 0.2) is 11.4 Å². The van der Waals surface area contributed by atoms with Gasteiger partial charge in [0.25, 0.3) is 5.91 Å². The molecule has 0 radical (unpaired) electrons. The number of nitrogens with zero attached hydrogens (tertiary/aromatic N) is 3. The van der Waals surface area contributed by atoms with E-state index in [1.807, 2.05) is 30.3 Å². The number of benzene rings is 1. The minimum Gasteiger partial charge on any atom is -0.504 e. The first-order valence-corrected chi connectivity index (χ1v) is 7.06. The Morgan fingerprint density at radius 1 is 1.38 bits per heavy atom. The number of likely N-dealkylation sites (tertiary alicyclic amines) is 1. The second-order valence-electron chi connectivity index (χ2n) is 5.17. The summed E-state index contributed by atoms with van der Waals surface area (Å²) < 4.78 is 1.51. The van der Waals surface area contributed by atoms with Gasteiger partial charge in [0.2, 0.25) is 0 Å². The fraction of sp³-hybridized carbons (Fsp3) is 0.333. The van der Waals surface area contributed by atoms with Gasteiger partial charge in [0.05, 0.1) is 11.9 Å². The van der Waals surface area contributed by atoms with Crippen molar-refractivity contribution in [3.63, 3.8) is 0 Å². The van der Waals surface area contributed by atoms with E-state index in [-0.39, 0.29) is 23.4 Å². The van der Waals surface area contributed by atoms with Crippen LogP contribution in [0.2, 0.25) is 0 Å². The summed E-state index contributed by atoms with van der Waals surface area (Å²) in [6, 6.07) is 9.41. The van der Waals surface area contributed by atoms with Gasteiger partial charge in [0, 0.05) is 19.1 Å². The second kappa shape index (κ2) is 5.57. The third-order valence-corrected chi connectivity index (χ3v) is 3.83. The molecule has 1 saturated heterocycles. The quantitative estimate of drug-likeness (QED) is 0.886. The average molecular weight is 286 g/mol. The topological polar surface area (TPSA) is 84.4 Å². The predicted octanol–water partition coefficient (Wildman–Crippen LogP) is 1.14. The highest BCUT2D eigenvalue weighted by atomic mass is 16.3. The van der Waals surface area contributed by atoms with Gasteiger partial charge in [0.1, 0.15) is 0 Å². The van der Waals surface area contributed by atoms with Crippen LogP contribution >= 0.6 is 0 Å². The number of hydrogen-bond donors (Lipinski definition) is 2. The predicted molar refractivity (Wildman–Crippen MR) is 78.3 cm³/mol. The lowest BCUT2D eigenvalue weighted by molar-refractivity contribution is 0.0732. The van der Waals surface area contributed by atoms with Crippen LogP contribution in [0.5, 0.6) is 5.75 Å². The van der Waals surface area contributed by atoms with Gasteiger partial charge in [-0.1, -0.05) is 18.2 Å². The van der Waals surface area contributed by atoms with Gasteiger partial charge in [-0.15, -0.1) is 0 Å². The molecule has 3 rings (SSSR count). The summed E-state index contributed by atoms with van der Waals surface area (Å²) >= 11 is 0. The Bertz CT molecular complexity index is 638. The lowest BCUT2D eigenvalue weighted by Crippen LogP contribution is -2.40. The number of hydrogen-bond acceptors (Lipinski definition) is 4. The second-order valence-corrected chi connectivity index (χ2v) is 5.17. The molecule has 6 heteroatoms. The number of aromatic hydroxyl groups is 1. The third kappa shape index (κ3) is 2.50. The highest BCUT2D eigenvalue weighted by Crippen LogP contribution is 2.24. The molecule has 1 fully saturated rings. The van der Waals surface area contributed by atoms with Gasteiger partial charge in [-0.25, -0.2) is 4.68 Å². The smallest absolute Gasteiger partial charge is 0.278 e. The summed E-state index contributed by atoms with van der Waals surface area (Å²) in [6.07, 6.45) is 3.30. The van der Waals surface area contributed by atoms with Gasteiger partial charge >= 0.3 is 0 Å². The maximum absolute atomic E-state index is 12.5. The maximum atomic E-state index is 12.5. The number of para-hydroxylation sites is 1. The van der Waals surface area contributed by atoms with E-state index in [9.17, 15) is 9.90 Å². The zero-order valence-corrected chi connectivity index (χ0v) is 11.6. The normalized spacial score (nSPS) is 18.1. The zero-order valence-electron chi connectivity index (χ0n) is 11.6. The Labute approximate surface area is 122 Å². The first-order chi connectivity index (χ1) is 10.2. The van der Waals surface area contributed by atoms with Crippen LogP contribution < -0.4 is 5.73 Å². The summed E-state index contributed by atoms with van der Waals surface area (Å²) in [6.45, 7) is 1.10. The van der Waals surface area contributed by atoms with Crippen LogP contribution in [0, 0.1) is 0 Å². The van der Waals surface area contributed by atoms with Crippen molar-refractivity contribution in [2.24, 2.45) is 5.73 Å². The summed E-state index contributed by atoms with van der Waals surface area (Å²) in [5.41, 5.74) is 6.57. The molecular formula is C15H18N4O2. The van der Waals surface area contributed by atoms with E-state index in [2.05, 4.69) is 5.10 Å². The minimum absolute atomic E-state index is 0.0405. The fourth-order valence-corrected chi connectivity index (χ4v) is 2.71. The number of carbonyl (C=O) groups is 1. The van der Waals surface area contributed by atoms with E-state index < -0.39 is 0 Å². The molecule has 1 unspecified atom stereocenters. The van der Waals surface area contributed by atoms with Gasteiger partial charge in [-0.3, -0.25) is 4.79 Å². The molecule has 21 heavy (non-hydrogen) atoms. The lowest BCUT2D eigenvalue weighted by atomic mass is 10.2. The van der Waals surface area contributed by atoms with Crippen molar-refractivity contribution in [2.45, 2.75) is 18.9 Å². The van der Waals surface area contributed by atoms with Gasteiger partial charge < -0.3 is 15.7 Å². The Balaban J connectivity index is 1.89. The monoisotopic (exact) mass is 286 g/mol. The van der Waals surface area contributed by atoms with Gasteiger partial charge in [-0.2, -0.15) is 5.10 Å². The molecule has 0 saturated carbocycles. The van der Waals surface area contributed by atoms with Crippen molar-refractivity contribution in [1.82, 2.24) is 14.7 Å². The standard InChI is InChI=1S/C15H18N4O2/c16-9-12-7-4-8-18(12)15(21)14-13(20)10-19(17-14)11-5-2-1-3-6-11/h1-3,5-6,10,12,20H,4,7-9,16H2. The molecule has 1 atom stereocenters. The van der Waals surface area contributed by atoms with Crippen molar-refractivity contribution in [3.8, 4) is 11.4 Å². The van der Waals surface area contributed by atoms with Crippen LogP contribution in [0.3, 0.4) is 0 Å². The van der Waals surface area contributed by atoms with Crippen molar-refractivity contribution in [1.29, 1.82) is 0 Å². The Hall–Kier alpha value is -2.34. The largest absolute Gasteiger partial charge is 0.504 e. The van der Waals surface area contributed by atoms with Crippen molar-refractivity contribution in [3.05, 3.63) is 42.2 Å². The van der Waals surface area contributed by atoms with E-state index in [4.69, 9.17) is 5.73 Å². The summed E-state index contributed by atoms with van der Waals surface area (Å²) in [5.74, 6) is -0.360. The number of carbonyl (C=O) groups excluding carboxylic acids is 1. The van der Waals surface area contributed by atoms with Crippen molar-refractivity contribution in [2.75, 3.05) is 13.1 Å². The molecule has 1 aliphatic rings. The molecule has 3 N–H and O–H groups in total. The molecule has 2 aromatic rings. The molecule has 1 amide bonds. The van der Waals surface area contributed by atoms with E-state index >= 15 is 0 Å². The van der Waals surface area contributed by atoms with Crippen LogP contribution in [0.15, 0.2) is 36.5 Å². The molecule has 0 spiro atoms. The summed E-state index contributed by atoms with van der Waals surface area (Å²) in [4.78, 5) is 14.2. The van der Waals surface area contributed by atoms with Crippen molar-refractivity contribution < 1.29 is 9.90 Å². The van der Waals surface area contributed by atoms with E-state index in [1.165, 1.54) is 10.9 Å². The van der Waals surface area contributed by atoms with Crippen molar-refractivity contribution >= 4 is 5.91 Å². The zero-order chi connectivity index (χ0) is 14.8. The average Bonchev–Trinajstić information content (AvgIpc) is 3.13. The highest BCUT2D eigenvalue weighted by Gasteiger charge is 2.31. The SMILES string of the molecule is NCC1CCCN1C(=O)c1nn(-c2ccccc2)cc1O. The van der Waals surface area contributed by atoms with Gasteiger partial charge in [-0.05, 0) is 25.0 Å². The molecule has 1 aliphatic heterocycles. The number of rotatable bonds is 3. The maximum Gasteiger partial charge on any atom is 0.278 e. The van der Waals surface area contributed by atoms with Crippen LogP contribution in [-0.4, -0.2) is 44.8 Å². The number of nitrogens with two attached hydrogens (primary N) is 1. The molecule has 6 nitrogen and oxygen atoms in total. The Kier molecular flexibility index (Phi) is 3.62. The highest BCUT2D eigenvalue weighted by molar-refractivity contribution is 5.95. The molecule has 110 valence electrons. The first-order valence-electron chi connectivity index (χ1n) is 7.06. The van der Waals surface area contributed by atoms with Crippen LogP contribution in [-0.2, 0) is 0 Å². The molecule has 1 aromatic carbocycles. The summed E-state index contributed by atoms with van der Waals surface area (Å²) in [5, 5.41) is 14.2. The molecular weight excluding hydrogens is 268 g/mol. The Morgan fingerprint density at radius 3 is 2.86 bits per heavy atom. The van der Waals surface area contributed by atoms with E-state index in [0.717, 1.165) is 18.5 Å². The minimum atomic E-state index is -0.255. The van der Waals surface area contributed by atoms with Crippen LogP contribution in [0.1, 0.15) is 23.3 Å². The first kappa shape index (κ1) is 13.6. The summed E-state index contributed by atoms with van der Waals surface area (Å²) in [7, 11) is 0. The fourth-order valence-electron chi connectivity index (χ4n) is 2.71. The third-order valence-electron chi connectivity index (χ3n) is 3.83. The van der Waals surface area contributed by atoms with Crippen LogP contribution in [0.25, 0.3) is 5.69 Å². The van der Waals surface area contributed by atoms with E-state index in [0.29, 0.717) is 13.1 Å². The van der Waals surface area contributed by atoms with E-state index in [1.54, 1.807) is 4.90 Å². The molecule has 1 aromatic heterocycles. The molecule has 0 bridgehead atoms. The Morgan fingerprint density at radius 2 is 2.14 bits per heavy atom. The molecule has 2 heterocycles. The van der Waals surface area contributed by atoms with Crippen LogP contribution in [0.4, 0.5) is 0 Å². The lowest BCUT2D eigenvalue weighted by Gasteiger charge is -2.22. The number of aromatic nitrogens is 2.